The van der Waals surface area contributed by atoms with Crippen LogP contribution in [0.15, 0.2) is 11.3 Å². The minimum Gasteiger partial charge on any atom is -0.479 e. The van der Waals surface area contributed by atoms with Gasteiger partial charge < -0.3 is 9.64 Å². The third-order valence-corrected chi connectivity index (χ3v) is 1.88. The molecule has 2 nitrogen and oxygen atoms in total. The van der Waals surface area contributed by atoms with E-state index in [4.69, 9.17) is 16.3 Å². The Bertz CT molecular complexity index is 156. The van der Waals surface area contributed by atoms with Crippen molar-refractivity contribution in [2.75, 3.05) is 20.6 Å². The molecule has 0 aromatic rings. The van der Waals surface area contributed by atoms with Crippen molar-refractivity contribution in [3.8, 4) is 0 Å². The molecule has 0 amide bonds. The van der Waals surface area contributed by atoms with Crippen molar-refractivity contribution in [3.63, 3.8) is 0 Å². The van der Waals surface area contributed by atoms with Crippen molar-refractivity contribution in [2.45, 2.75) is 18.9 Å². The third-order valence-electron chi connectivity index (χ3n) is 1.64. The quantitative estimate of drug-likeness (QED) is 0.635. The number of ether oxygens (including phenoxy) is 1. The first-order chi connectivity index (χ1) is 5.18. The molecule has 1 atom stereocenters. The Balaban J connectivity index is 2.32. The van der Waals surface area contributed by atoms with Gasteiger partial charge in [0.2, 0.25) is 0 Å². The first kappa shape index (κ1) is 8.88. The van der Waals surface area contributed by atoms with Crippen LogP contribution in [-0.2, 0) is 4.74 Å². The summed E-state index contributed by atoms with van der Waals surface area (Å²) in [4.78, 5) is 2.11. The summed E-state index contributed by atoms with van der Waals surface area (Å²) >= 11 is 5.72. The van der Waals surface area contributed by atoms with Crippen molar-refractivity contribution in [2.24, 2.45) is 0 Å². The second kappa shape index (κ2) is 3.98. The minimum absolute atomic E-state index is 0.280. The van der Waals surface area contributed by atoms with Crippen LogP contribution in [0, 0.1) is 0 Å². The number of nitrogens with zero attached hydrogens (tertiary/aromatic N) is 1. The van der Waals surface area contributed by atoms with E-state index in [1.807, 2.05) is 20.2 Å². The summed E-state index contributed by atoms with van der Waals surface area (Å²) in [5, 5.41) is 0.558. The van der Waals surface area contributed by atoms with Crippen LogP contribution in [0.2, 0.25) is 0 Å². The number of hydrogen-bond acceptors (Lipinski definition) is 2. The molecule has 0 radical (unpaired) electrons. The predicted octanol–water partition coefficient (Wildman–Crippen LogP) is 1.81. The Morgan fingerprint density at radius 2 is 2.45 bits per heavy atom. The Morgan fingerprint density at radius 1 is 1.73 bits per heavy atom. The maximum absolute atomic E-state index is 5.72. The standard InChI is InChI=1S/C8H14ClNO/c1-10(2)6-7-4-3-5-8(9)11-7/h5,7H,3-4,6H2,1-2H3/t7-/m0/s1. The molecule has 0 aliphatic carbocycles. The van der Waals surface area contributed by atoms with Gasteiger partial charge in [-0.2, -0.15) is 0 Å². The zero-order valence-electron chi connectivity index (χ0n) is 7.01. The van der Waals surface area contributed by atoms with Gasteiger partial charge in [0.25, 0.3) is 0 Å². The molecule has 64 valence electrons. The molecule has 1 rings (SSSR count). The summed E-state index contributed by atoms with van der Waals surface area (Å²) in [6, 6.07) is 0. The van der Waals surface area contributed by atoms with Gasteiger partial charge in [0.05, 0.1) is 0 Å². The van der Waals surface area contributed by atoms with E-state index in [1.165, 1.54) is 0 Å². The Labute approximate surface area is 72.8 Å². The van der Waals surface area contributed by atoms with Gasteiger partial charge in [0, 0.05) is 6.54 Å². The first-order valence-corrected chi connectivity index (χ1v) is 4.23. The fraction of sp³-hybridized carbons (Fsp3) is 0.750. The summed E-state index contributed by atoms with van der Waals surface area (Å²) in [5.74, 6) is 0. The van der Waals surface area contributed by atoms with Crippen LogP contribution < -0.4 is 0 Å². The van der Waals surface area contributed by atoms with E-state index in [1.54, 1.807) is 0 Å². The van der Waals surface area contributed by atoms with E-state index in [-0.39, 0.29) is 6.10 Å². The SMILES string of the molecule is CN(C)C[C@@H]1CCC=C(Cl)O1. The summed E-state index contributed by atoms with van der Waals surface area (Å²) in [6.45, 7) is 0.948. The summed E-state index contributed by atoms with van der Waals surface area (Å²) in [7, 11) is 4.07. The van der Waals surface area contributed by atoms with E-state index in [0.717, 1.165) is 19.4 Å². The zero-order chi connectivity index (χ0) is 8.27. The van der Waals surface area contributed by atoms with Gasteiger partial charge in [0.1, 0.15) is 6.10 Å². The van der Waals surface area contributed by atoms with Crippen molar-refractivity contribution in [3.05, 3.63) is 11.3 Å². The lowest BCUT2D eigenvalue weighted by atomic mass is 10.1. The molecule has 0 spiro atoms. The molecular weight excluding hydrogens is 162 g/mol. The molecule has 1 aliphatic heterocycles. The highest BCUT2D eigenvalue weighted by atomic mass is 35.5. The molecular formula is C8H14ClNO. The first-order valence-electron chi connectivity index (χ1n) is 3.85. The van der Waals surface area contributed by atoms with Crippen LogP contribution in [0.3, 0.4) is 0 Å². The highest BCUT2D eigenvalue weighted by molar-refractivity contribution is 6.28. The lowest BCUT2D eigenvalue weighted by molar-refractivity contribution is 0.0872. The van der Waals surface area contributed by atoms with Crippen LogP contribution in [0.25, 0.3) is 0 Å². The maximum atomic E-state index is 5.72. The molecule has 0 saturated heterocycles. The van der Waals surface area contributed by atoms with Crippen molar-refractivity contribution in [1.82, 2.24) is 4.90 Å². The maximum Gasteiger partial charge on any atom is 0.183 e. The van der Waals surface area contributed by atoms with Crippen LogP contribution >= 0.6 is 11.6 Å². The van der Waals surface area contributed by atoms with Gasteiger partial charge in [0.15, 0.2) is 5.22 Å². The van der Waals surface area contributed by atoms with Gasteiger partial charge in [-0.05, 0) is 44.6 Å². The molecule has 0 aromatic carbocycles. The van der Waals surface area contributed by atoms with E-state index in [9.17, 15) is 0 Å². The Morgan fingerprint density at radius 3 is 3.00 bits per heavy atom. The zero-order valence-corrected chi connectivity index (χ0v) is 7.77. The molecule has 3 heteroatoms. The highest BCUT2D eigenvalue weighted by Gasteiger charge is 2.15. The lowest BCUT2D eigenvalue weighted by Gasteiger charge is -2.24. The molecule has 11 heavy (non-hydrogen) atoms. The van der Waals surface area contributed by atoms with Crippen molar-refractivity contribution >= 4 is 11.6 Å². The van der Waals surface area contributed by atoms with Crippen LogP contribution in [0.4, 0.5) is 0 Å². The number of halogens is 1. The smallest absolute Gasteiger partial charge is 0.183 e. The molecule has 0 fully saturated rings. The Kier molecular flexibility index (Phi) is 3.21. The Hall–Kier alpha value is -0.210. The van der Waals surface area contributed by atoms with Gasteiger partial charge in [-0.15, -0.1) is 0 Å². The monoisotopic (exact) mass is 175 g/mol. The van der Waals surface area contributed by atoms with Crippen molar-refractivity contribution in [1.29, 1.82) is 0 Å². The largest absolute Gasteiger partial charge is 0.479 e. The van der Waals surface area contributed by atoms with Crippen molar-refractivity contribution < 1.29 is 4.74 Å². The molecule has 1 aliphatic rings. The number of hydrogen-bond donors (Lipinski definition) is 0. The average Bonchev–Trinajstić information content (AvgIpc) is 1.85. The molecule has 0 N–H and O–H groups in total. The van der Waals surface area contributed by atoms with E-state index in [0.29, 0.717) is 5.22 Å². The lowest BCUT2D eigenvalue weighted by Crippen LogP contribution is -2.29. The number of rotatable bonds is 2. The third kappa shape index (κ3) is 3.12. The van der Waals surface area contributed by atoms with Crippen LogP contribution in [0.5, 0.6) is 0 Å². The van der Waals surface area contributed by atoms with Crippen LogP contribution in [0.1, 0.15) is 12.8 Å². The minimum atomic E-state index is 0.280. The molecule has 0 unspecified atom stereocenters. The highest BCUT2D eigenvalue weighted by Crippen LogP contribution is 2.19. The topological polar surface area (TPSA) is 12.5 Å². The molecule has 1 heterocycles. The average molecular weight is 176 g/mol. The van der Waals surface area contributed by atoms with Gasteiger partial charge in [-0.1, -0.05) is 0 Å². The normalized spacial score (nSPS) is 24.7. The second-order valence-electron chi connectivity index (χ2n) is 3.09. The number of allylic oxidation sites excluding steroid dienone is 1. The molecule has 0 bridgehead atoms. The van der Waals surface area contributed by atoms with Gasteiger partial charge in [-0.25, -0.2) is 0 Å². The van der Waals surface area contributed by atoms with Gasteiger partial charge in [-0.3, -0.25) is 0 Å². The molecule has 0 aromatic heterocycles. The van der Waals surface area contributed by atoms with E-state index in [2.05, 4.69) is 4.90 Å². The predicted molar refractivity (Wildman–Crippen MR) is 46.6 cm³/mol. The number of likely N-dealkylation sites (N-methyl/N-ethyl adjacent to an activating group) is 1. The van der Waals surface area contributed by atoms with Gasteiger partial charge >= 0.3 is 0 Å². The summed E-state index contributed by atoms with van der Waals surface area (Å²) in [6.07, 6.45) is 4.32. The molecule has 0 saturated carbocycles. The summed E-state index contributed by atoms with van der Waals surface area (Å²) in [5.41, 5.74) is 0. The fourth-order valence-electron chi connectivity index (χ4n) is 1.18. The van der Waals surface area contributed by atoms with Crippen LogP contribution in [-0.4, -0.2) is 31.6 Å². The fourth-order valence-corrected chi connectivity index (χ4v) is 1.42. The second-order valence-corrected chi connectivity index (χ2v) is 3.46. The van der Waals surface area contributed by atoms with E-state index >= 15 is 0 Å². The van der Waals surface area contributed by atoms with E-state index < -0.39 is 0 Å². The summed E-state index contributed by atoms with van der Waals surface area (Å²) < 4.78 is 5.38.